The number of fused-ring (bicyclic) bond motifs is 1. The van der Waals surface area contributed by atoms with Crippen LogP contribution in [-0.4, -0.2) is 42.2 Å². The van der Waals surface area contributed by atoms with Crippen molar-refractivity contribution in [3.8, 4) is 22.8 Å². The van der Waals surface area contributed by atoms with Crippen molar-refractivity contribution in [1.29, 1.82) is 0 Å². The van der Waals surface area contributed by atoms with Crippen LogP contribution < -0.4 is 9.47 Å². The fraction of sp³-hybridized carbons (Fsp3) is 0.379. The molecule has 2 unspecified atom stereocenters. The van der Waals surface area contributed by atoms with Crippen molar-refractivity contribution in [3.63, 3.8) is 0 Å². The van der Waals surface area contributed by atoms with Crippen molar-refractivity contribution in [1.82, 2.24) is 9.88 Å². The molecule has 1 aromatic heterocycles. The predicted octanol–water partition coefficient (Wildman–Crippen LogP) is 5.85. The van der Waals surface area contributed by atoms with Gasteiger partial charge in [-0.3, -0.25) is 4.79 Å². The largest absolute Gasteiger partial charge is 0.485 e. The lowest BCUT2D eigenvalue weighted by Crippen LogP contribution is -2.20. The van der Waals surface area contributed by atoms with Gasteiger partial charge in [0.2, 0.25) is 5.88 Å². The van der Waals surface area contributed by atoms with Crippen LogP contribution in [0.4, 0.5) is 4.39 Å². The molecule has 0 amide bonds. The van der Waals surface area contributed by atoms with E-state index in [1.165, 1.54) is 13.3 Å². The van der Waals surface area contributed by atoms with Crippen LogP contribution >= 0.6 is 0 Å². The second-order valence-electron chi connectivity index (χ2n) is 9.72. The number of carboxylic acids is 1. The maximum absolute atomic E-state index is 14.8. The fourth-order valence-electron chi connectivity index (χ4n) is 4.60. The van der Waals surface area contributed by atoms with Crippen molar-refractivity contribution >= 4 is 5.97 Å². The van der Waals surface area contributed by atoms with Crippen LogP contribution in [0.3, 0.4) is 0 Å². The first-order valence-corrected chi connectivity index (χ1v) is 12.2. The zero-order valence-corrected chi connectivity index (χ0v) is 21.4. The van der Waals surface area contributed by atoms with E-state index in [1.54, 1.807) is 13.0 Å². The smallest absolute Gasteiger partial charge is 0.306 e. The normalized spacial score (nSPS) is 16.7. The van der Waals surface area contributed by atoms with E-state index in [2.05, 4.69) is 22.9 Å². The molecule has 0 spiro atoms. The Morgan fingerprint density at radius 3 is 2.67 bits per heavy atom. The molecule has 6 nitrogen and oxygen atoms in total. The molecular weight excluding hydrogens is 459 g/mol. The van der Waals surface area contributed by atoms with Crippen LogP contribution in [0, 0.1) is 11.7 Å². The average molecular weight is 493 g/mol. The molecule has 3 atom stereocenters. The molecule has 36 heavy (non-hydrogen) atoms. The standard InChI is InChI=1S/C29H33FN2O4/c1-17(29(33)34)12-19-6-7-20-9-11-26(36-27(20)13-19)21-8-10-22(23(14-21)18(2)32(3)4)24-15-28(35-5)31-16-25(24)30/h6-8,10,13-18,26H,9,11-12H2,1-5H3,(H,33,34)/t17?,18-,26?/m1/s1. The summed E-state index contributed by atoms with van der Waals surface area (Å²) in [5.41, 5.74) is 5.33. The highest BCUT2D eigenvalue weighted by Crippen LogP contribution is 2.39. The van der Waals surface area contributed by atoms with Gasteiger partial charge in [-0.2, -0.15) is 0 Å². The van der Waals surface area contributed by atoms with Crippen LogP contribution in [0.1, 0.15) is 54.7 Å². The molecule has 0 bridgehead atoms. The molecule has 1 aliphatic rings. The lowest BCUT2D eigenvalue weighted by atomic mass is 9.89. The van der Waals surface area contributed by atoms with Gasteiger partial charge in [0.05, 0.1) is 19.2 Å². The molecular formula is C29H33FN2O4. The maximum atomic E-state index is 14.8. The molecule has 2 heterocycles. The van der Waals surface area contributed by atoms with Gasteiger partial charge in [0.25, 0.3) is 0 Å². The van der Waals surface area contributed by atoms with Crippen LogP contribution in [0.15, 0.2) is 48.7 Å². The monoisotopic (exact) mass is 492 g/mol. The first kappa shape index (κ1) is 25.6. The molecule has 7 heteroatoms. The third kappa shape index (κ3) is 5.36. The Labute approximate surface area is 211 Å². The zero-order valence-electron chi connectivity index (χ0n) is 21.4. The number of carbonyl (C=O) groups is 1. The molecule has 0 fully saturated rings. The lowest BCUT2D eigenvalue weighted by molar-refractivity contribution is -0.141. The molecule has 0 saturated heterocycles. The second-order valence-corrected chi connectivity index (χ2v) is 9.72. The SMILES string of the molecule is COc1cc(-c2ccc(C3CCc4ccc(CC(C)C(=O)O)cc4O3)cc2[C@@H](C)N(C)C)c(F)cn1. The number of hydrogen-bond acceptors (Lipinski definition) is 5. The summed E-state index contributed by atoms with van der Waals surface area (Å²) in [5, 5.41) is 9.26. The Morgan fingerprint density at radius 1 is 1.19 bits per heavy atom. The summed E-state index contributed by atoms with van der Waals surface area (Å²) in [4.78, 5) is 17.4. The number of hydrogen-bond donors (Lipinski definition) is 1. The van der Waals surface area contributed by atoms with Crippen molar-refractivity contribution in [2.24, 2.45) is 5.92 Å². The summed E-state index contributed by atoms with van der Waals surface area (Å²) in [6, 6.07) is 13.7. The minimum Gasteiger partial charge on any atom is -0.485 e. The first-order valence-electron chi connectivity index (χ1n) is 12.2. The average Bonchev–Trinajstić information content (AvgIpc) is 2.87. The van der Waals surface area contributed by atoms with E-state index in [1.807, 2.05) is 44.4 Å². The zero-order chi connectivity index (χ0) is 26.0. The molecule has 1 N–H and O–H groups in total. The van der Waals surface area contributed by atoms with Gasteiger partial charge < -0.3 is 19.5 Å². The number of rotatable bonds is 8. The predicted molar refractivity (Wildman–Crippen MR) is 137 cm³/mol. The Hall–Kier alpha value is -3.45. The summed E-state index contributed by atoms with van der Waals surface area (Å²) in [6.07, 6.45) is 3.19. The van der Waals surface area contributed by atoms with E-state index < -0.39 is 17.7 Å². The van der Waals surface area contributed by atoms with E-state index in [0.717, 1.165) is 46.4 Å². The summed E-state index contributed by atoms with van der Waals surface area (Å²) >= 11 is 0. The topological polar surface area (TPSA) is 71.9 Å². The van der Waals surface area contributed by atoms with E-state index >= 15 is 0 Å². The van der Waals surface area contributed by atoms with Crippen LogP contribution in [0.2, 0.25) is 0 Å². The number of nitrogens with zero attached hydrogens (tertiary/aromatic N) is 2. The van der Waals surface area contributed by atoms with E-state index in [9.17, 15) is 14.3 Å². The van der Waals surface area contributed by atoms with Crippen LogP contribution in [-0.2, 0) is 17.6 Å². The van der Waals surface area contributed by atoms with Crippen molar-refractivity contribution < 1.29 is 23.8 Å². The molecule has 3 aromatic rings. The Balaban J connectivity index is 1.68. The number of aromatic nitrogens is 1. The number of carboxylic acid groups (broad SMARTS) is 1. The molecule has 4 rings (SSSR count). The third-order valence-electron chi connectivity index (χ3n) is 7.04. The van der Waals surface area contributed by atoms with Crippen molar-refractivity contribution in [3.05, 3.63) is 76.7 Å². The van der Waals surface area contributed by atoms with Crippen LogP contribution in [0.5, 0.6) is 11.6 Å². The van der Waals surface area contributed by atoms with Gasteiger partial charge in [-0.25, -0.2) is 9.37 Å². The van der Waals surface area contributed by atoms with E-state index in [-0.39, 0.29) is 12.1 Å². The fourth-order valence-corrected chi connectivity index (χ4v) is 4.60. The molecule has 0 saturated carbocycles. The van der Waals surface area contributed by atoms with E-state index in [0.29, 0.717) is 17.9 Å². The van der Waals surface area contributed by atoms with Gasteiger partial charge in [-0.1, -0.05) is 31.2 Å². The quantitative estimate of drug-likeness (QED) is 0.425. The number of aryl methyl sites for hydroxylation is 1. The number of methoxy groups -OCH3 is 1. The minimum atomic E-state index is -0.808. The van der Waals surface area contributed by atoms with Gasteiger partial charge in [0.15, 0.2) is 0 Å². The number of aliphatic carboxylic acids is 1. The summed E-state index contributed by atoms with van der Waals surface area (Å²) in [5.74, 6) is -0.506. The highest BCUT2D eigenvalue weighted by molar-refractivity contribution is 5.70. The van der Waals surface area contributed by atoms with Crippen LogP contribution in [0.25, 0.3) is 11.1 Å². The second kappa shape index (κ2) is 10.7. The number of halogens is 1. The molecule has 190 valence electrons. The van der Waals surface area contributed by atoms with Gasteiger partial charge in [-0.05, 0) is 80.2 Å². The molecule has 0 aliphatic carbocycles. The highest BCUT2D eigenvalue weighted by Gasteiger charge is 2.25. The van der Waals surface area contributed by atoms with Gasteiger partial charge in [-0.15, -0.1) is 0 Å². The molecule has 2 aromatic carbocycles. The van der Waals surface area contributed by atoms with Gasteiger partial charge >= 0.3 is 5.97 Å². The number of ether oxygens (including phenoxy) is 2. The van der Waals surface area contributed by atoms with Crippen molar-refractivity contribution in [2.45, 2.75) is 45.3 Å². The number of benzene rings is 2. The summed E-state index contributed by atoms with van der Waals surface area (Å²) in [6.45, 7) is 3.80. The third-order valence-corrected chi connectivity index (χ3v) is 7.04. The number of pyridine rings is 1. The minimum absolute atomic E-state index is 0.0264. The Morgan fingerprint density at radius 2 is 1.97 bits per heavy atom. The van der Waals surface area contributed by atoms with E-state index in [4.69, 9.17) is 9.47 Å². The molecule has 0 radical (unpaired) electrons. The summed E-state index contributed by atoms with van der Waals surface area (Å²) in [7, 11) is 5.51. The molecule has 1 aliphatic heterocycles. The lowest BCUT2D eigenvalue weighted by Gasteiger charge is -2.29. The summed E-state index contributed by atoms with van der Waals surface area (Å²) < 4.78 is 26.5. The first-order chi connectivity index (χ1) is 17.2. The highest BCUT2D eigenvalue weighted by atomic mass is 19.1. The van der Waals surface area contributed by atoms with Gasteiger partial charge in [0.1, 0.15) is 17.7 Å². The maximum Gasteiger partial charge on any atom is 0.306 e. The Bertz CT molecular complexity index is 1260. The van der Waals surface area contributed by atoms with Crippen molar-refractivity contribution in [2.75, 3.05) is 21.2 Å². The Kier molecular flexibility index (Phi) is 7.59. The van der Waals surface area contributed by atoms with Gasteiger partial charge in [0, 0.05) is 17.7 Å².